The number of rotatable bonds is 5. The Bertz CT molecular complexity index is 646. The van der Waals surface area contributed by atoms with Crippen LogP contribution in [0.5, 0.6) is 5.75 Å². The lowest BCUT2D eigenvalue weighted by molar-refractivity contribution is -0.123. The molecular formula is C16H18N2O3. The van der Waals surface area contributed by atoms with Crippen LogP contribution in [-0.4, -0.2) is 18.2 Å². The molecule has 0 saturated heterocycles. The number of benzene rings is 1. The van der Waals surface area contributed by atoms with Gasteiger partial charge in [0.15, 0.2) is 6.61 Å². The van der Waals surface area contributed by atoms with Crippen molar-refractivity contribution in [3.8, 4) is 5.75 Å². The van der Waals surface area contributed by atoms with Gasteiger partial charge in [-0.3, -0.25) is 4.79 Å². The summed E-state index contributed by atoms with van der Waals surface area (Å²) in [5, 5.41) is 3.95. The molecule has 0 atom stereocenters. The van der Waals surface area contributed by atoms with Gasteiger partial charge in [-0.15, -0.1) is 0 Å². The van der Waals surface area contributed by atoms with E-state index < -0.39 is 0 Å². The fourth-order valence-corrected chi connectivity index (χ4v) is 1.67. The molecule has 110 valence electrons. The predicted molar refractivity (Wildman–Crippen MR) is 80.5 cm³/mol. The highest BCUT2D eigenvalue weighted by Gasteiger charge is 2.04. The van der Waals surface area contributed by atoms with Gasteiger partial charge in [0.1, 0.15) is 17.2 Å². The Labute approximate surface area is 123 Å². The maximum atomic E-state index is 11.7. The summed E-state index contributed by atoms with van der Waals surface area (Å²) >= 11 is 0. The number of furan rings is 1. The average molecular weight is 286 g/mol. The number of hydrogen-bond donors (Lipinski definition) is 1. The number of nitrogens with zero attached hydrogens (tertiary/aromatic N) is 1. The van der Waals surface area contributed by atoms with Crippen LogP contribution in [0.1, 0.15) is 23.8 Å². The van der Waals surface area contributed by atoms with E-state index in [1.165, 1.54) is 5.56 Å². The monoisotopic (exact) mass is 286 g/mol. The summed E-state index contributed by atoms with van der Waals surface area (Å²) in [6.45, 7) is 5.69. The molecule has 1 heterocycles. The van der Waals surface area contributed by atoms with Gasteiger partial charge in [0.25, 0.3) is 5.91 Å². The van der Waals surface area contributed by atoms with Gasteiger partial charge in [-0.25, -0.2) is 5.43 Å². The maximum Gasteiger partial charge on any atom is 0.277 e. The van der Waals surface area contributed by atoms with Crippen molar-refractivity contribution in [2.24, 2.45) is 5.10 Å². The van der Waals surface area contributed by atoms with Crippen molar-refractivity contribution in [2.45, 2.75) is 20.8 Å². The minimum Gasteiger partial charge on any atom is -0.484 e. The molecule has 0 saturated carbocycles. The number of ether oxygens (including phenoxy) is 1. The van der Waals surface area contributed by atoms with Gasteiger partial charge in [-0.1, -0.05) is 6.07 Å². The van der Waals surface area contributed by atoms with Gasteiger partial charge in [0.2, 0.25) is 0 Å². The van der Waals surface area contributed by atoms with Crippen molar-refractivity contribution in [2.75, 3.05) is 6.61 Å². The molecule has 0 bridgehead atoms. The Morgan fingerprint density at radius 1 is 1.29 bits per heavy atom. The Hall–Kier alpha value is -2.56. The smallest absolute Gasteiger partial charge is 0.277 e. The molecule has 0 aliphatic rings. The van der Waals surface area contributed by atoms with Crippen molar-refractivity contribution in [1.82, 2.24) is 5.43 Å². The number of carbonyl (C=O) groups is 1. The molecular weight excluding hydrogens is 268 g/mol. The van der Waals surface area contributed by atoms with Gasteiger partial charge in [0.05, 0.1) is 6.26 Å². The van der Waals surface area contributed by atoms with Crippen LogP contribution < -0.4 is 10.2 Å². The van der Waals surface area contributed by atoms with Crippen molar-refractivity contribution >= 4 is 11.6 Å². The van der Waals surface area contributed by atoms with Crippen LogP contribution in [0.3, 0.4) is 0 Å². The Morgan fingerprint density at radius 2 is 2.10 bits per heavy atom. The average Bonchev–Trinajstić information content (AvgIpc) is 3.00. The fourth-order valence-electron chi connectivity index (χ4n) is 1.67. The van der Waals surface area contributed by atoms with Crippen LogP contribution in [0.2, 0.25) is 0 Å². The molecule has 0 aliphatic heterocycles. The zero-order chi connectivity index (χ0) is 15.2. The zero-order valence-corrected chi connectivity index (χ0v) is 12.3. The molecule has 5 heteroatoms. The van der Waals surface area contributed by atoms with Crippen molar-refractivity contribution < 1.29 is 13.9 Å². The predicted octanol–water partition coefficient (Wildman–Crippen LogP) is 2.82. The minimum atomic E-state index is -0.320. The van der Waals surface area contributed by atoms with Crippen LogP contribution in [0.4, 0.5) is 0 Å². The number of nitrogens with one attached hydrogen (secondary N) is 1. The summed E-state index contributed by atoms with van der Waals surface area (Å²) in [6.07, 6.45) is 1.55. The number of hydrazone groups is 1. The normalized spacial score (nSPS) is 11.3. The molecule has 21 heavy (non-hydrogen) atoms. The topological polar surface area (TPSA) is 63.8 Å². The molecule has 1 amide bonds. The lowest BCUT2D eigenvalue weighted by atomic mass is 10.1. The molecule has 1 aromatic carbocycles. The Morgan fingerprint density at radius 3 is 2.76 bits per heavy atom. The van der Waals surface area contributed by atoms with Crippen LogP contribution in [-0.2, 0) is 4.79 Å². The third kappa shape index (κ3) is 4.21. The first-order valence-corrected chi connectivity index (χ1v) is 6.63. The third-order valence-corrected chi connectivity index (χ3v) is 3.07. The van der Waals surface area contributed by atoms with Gasteiger partial charge in [0, 0.05) is 0 Å². The van der Waals surface area contributed by atoms with Crippen LogP contribution in [0.25, 0.3) is 0 Å². The van der Waals surface area contributed by atoms with E-state index in [2.05, 4.69) is 10.5 Å². The second kappa shape index (κ2) is 6.74. The summed E-state index contributed by atoms with van der Waals surface area (Å²) < 4.78 is 10.6. The van der Waals surface area contributed by atoms with Crippen LogP contribution in [0, 0.1) is 13.8 Å². The molecule has 0 fully saturated rings. The second-order valence-electron chi connectivity index (χ2n) is 4.74. The van der Waals surface area contributed by atoms with E-state index in [0.29, 0.717) is 17.2 Å². The van der Waals surface area contributed by atoms with E-state index in [4.69, 9.17) is 9.15 Å². The molecule has 1 aromatic heterocycles. The van der Waals surface area contributed by atoms with E-state index in [9.17, 15) is 4.79 Å². The van der Waals surface area contributed by atoms with E-state index in [0.717, 1.165) is 5.56 Å². The van der Waals surface area contributed by atoms with E-state index in [1.54, 1.807) is 25.3 Å². The molecule has 0 aliphatic carbocycles. The summed E-state index contributed by atoms with van der Waals surface area (Å²) in [5.41, 5.74) is 5.34. The molecule has 2 rings (SSSR count). The van der Waals surface area contributed by atoms with E-state index in [1.807, 2.05) is 32.0 Å². The highest BCUT2D eigenvalue weighted by molar-refractivity contribution is 5.96. The molecule has 5 nitrogen and oxygen atoms in total. The number of amides is 1. The van der Waals surface area contributed by atoms with Gasteiger partial charge in [-0.05, 0) is 56.2 Å². The molecule has 2 aromatic rings. The number of hydrogen-bond acceptors (Lipinski definition) is 4. The van der Waals surface area contributed by atoms with Crippen LogP contribution >= 0.6 is 0 Å². The highest BCUT2D eigenvalue weighted by atomic mass is 16.5. The van der Waals surface area contributed by atoms with E-state index in [-0.39, 0.29) is 12.5 Å². The first-order chi connectivity index (χ1) is 10.1. The van der Waals surface area contributed by atoms with Crippen molar-refractivity contribution in [3.63, 3.8) is 0 Å². The third-order valence-electron chi connectivity index (χ3n) is 3.07. The van der Waals surface area contributed by atoms with Gasteiger partial charge in [-0.2, -0.15) is 5.10 Å². The second-order valence-corrected chi connectivity index (χ2v) is 4.74. The quantitative estimate of drug-likeness (QED) is 0.679. The molecule has 1 N–H and O–H groups in total. The fraction of sp³-hybridized carbons (Fsp3) is 0.250. The zero-order valence-electron chi connectivity index (χ0n) is 12.3. The molecule has 0 unspecified atom stereocenters. The van der Waals surface area contributed by atoms with Crippen molar-refractivity contribution in [3.05, 3.63) is 53.5 Å². The molecule has 0 radical (unpaired) electrons. The molecule has 0 spiro atoms. The minimum absolute atomic E-state index is 0.0859. The Balaban J connectivity index is 1.85. The van der Waals surface area contributed by atoms with Gasteiger partial charge >= 0.3 is 0 Å². The number of aryl methyl sites for hydroxylation is 2. The summed E-state index contributed by atoms with van der Waals surface area (Å²) in [7, 11) is 0. The SMILES string of the molecule is C/C(=N\NC(=O)COc1ccc(C)c(C)c1)c1ccco1. The number of carbonyl (C=O) groups excluding carboxylic acids is 1. The first-order valence-electron chi connectivity index (χ1n) is 6.63. The summed E-state index contributed by atoms with van der Waals surface area (Å²) in [5.74, 6) is 0.962. The lowest BCUT2D eigenvalue weighted by Gasteiger charge is -2.07. The lowest BCUT2D eigenvalue weighted by Crippen LogP contribution is -2.25. The standard InChI is InChI=1S/C16H18N2O3/c1-11-6-7-14(9-12(11)2)21-10-16(19)18-17-13(3)15-5-4-8-20-15/h4-9H,10H2,1-3H3,(H,18,19)/b17-13+. The summed E-state index contributed by atoms with van der Waals surface area (Å²) in [4.78, 5) is 11.7. The van der Waals surface area contributed by atoms with Gasteiger partial charge < -0.3 is 9.15 Å². The van der Waals surface area contributed by atoms with Crippen molar-refractivity contribution in [1.29, 1.82) is 0 Å². The van der Waals surface area contributed by atoms with E-state index >= 15 is 0 Å². The largest absolute Gasteiger partial charge is 0.484 e. The summed E-state index contributed by atoms with van der Waals surface area (Å²) in [6, 6.07) is 9.24. The van der Waals surface area contributed by atoms with Crippen LogP contribution in [0.15, 0.2) is 46.1 Å². The highest BCUT2D eigenvalue weighted by Crippen LogP contribution is 2.16. The maximum absolute atomic E-state index is 11.7. The Kier molecular flexibility index (Phi) is 4.77. The first kappa shape index (κ1) is 14.8.